The molecule has 0 radical (unpaired) electrons. The number of nitrogens with one attached hydrogen (secondary N) is 2. The van der Waals surface area contributed by atoms with Gasteiger partial charge in [-0.3, -0.25) is 9.59 Å². The monoisotopic (exact) mass is 310 g/mol. The minimum atomic E-state index is -0.449. The van der Waals surface area contributed by atoms with Crippen LogP contribution in [-0.2, 0) is 14.3 Å². The Morgan fingerprint density at radius 1 is 1.00 bits per heavy atom. The maximum Gasteiger partial charge on any atom is 0.325 e. The van der Waals surface area contributed by atoms with Crippen molar-refractivity contribution in [3.63, 3.8) is 0 Å². The average Bonchev–Trinajstić information content (AvgIpc) is 3.37. The molecule has 0 saturated heterocycles. The predicted molar refractivity (Wildman–Crippen MR) is 77.2 cm³/mol. The van der Waals surface area contributed by atoms with Crippen molar-refractivity contribution in [2.24, 2.45) is 20.5 Å². The van der Waals surface area contributed by atoms with E-state index in [9.17, 15) is 9.59 Å². The van der Waals surface area contributed by atoms with Crippen molar-refractivity contribution < 1.29 is 14.3 Å². The SMILES string of the molecule is CC1(CCNCCC(=O)NCC(=O)OCCC2(C)N=N2)N=N1. The maximum atomic E-state index is 11.5. The highest BCUT2D eigenvalue weighted by atomic mass is 16.5. The number of rotatable bonds is 11. The first-order chi connectivity index (χ1) is 10.4. The standard InChI is InChI=1S/C13H22N6O3/c1-12(16-17-12)4-7-14-6-3-10(20)15-9-11(21)22-8-5-13(2)18-19-13/h14H,3-9H2,1-2H3,(H,15,20). The second-order valence-electron chi connectivity index (χ2n) is 5.83. The van der Waals surface area contributed by atoms with Crippen LogP contribution < -0.4 is 10.6 Å². The summed E-state index contributed by atoms with van der Waals surface area (Å²) in [5.41, 5.74) is -0.579. The van der Waals surface area contributed by atoms with Gasteiger partial charge in [0.1, 0.15) is 6.54 Å². The van der Waals surface area contributed by atoms with Crippen molar-refractivity contribution in [1.29, 1.82) is 0 Å². The van der Waals surface area contributed by atoms with Gasteiger partial charge in [-0.15, -0.1) is 0 Å². The lowest BCUT2D eigenvalue weighted by Crippen LogP contribution is -2.33. The van der Waals surface area contributed by atoms with Crippen molar-refractivity contribution in [2.45, 2.75) is 44.4 Å². The van der Waals surface area contributed by atoms with E-state index in [2.05, 4.69) is 31.1 Å². The highest BCUT2D eigenvalue weighted by Gasteiger charge is 2.33. The van der Waals surface area contributed by atoms with Gasteiger partial charge in [-0.1, -0.05) is 0 Å². The molecule has 22 heavy (non-hydrogen) atoms. The first kappa shape index (κ1) is 16.5. The number of carbonyl (C=O) groups excluding carboxylic acids is 2. The molecule has 0 fully saturated rings. The van der Waals surface area contributed by atoms with Crippen molar-refractivity contribution in [1.82, 2.24) is 10.6 Å². The summed E-state index contributed by atoms with van der Waals surface area (Å²) in [7, 11) is 0. The normalized spacial score (nSPS) is 18.8. The Morgan fingerprint density at radius 3 is 2.27 bits per heavy atom. The van der Waals surface area contributed by atoms with Crippen LogP contribution in [0, 0.1) is 0 Å². The minimum absolute atomic E-state index is 0.111. The zero-order valence-electron chi connectivity index (χ0n) is 13.0. The summed E-state index contributed by atoms with van der Waals surface area (Å²) < 4.78 is 4.99. The molecule has 0 unspecified atom stereocenters. The van der Waals surface area contributed by atoms with E-state index < -0.39 is 5.97 Å². The molecule has 0 aromatic heterocycles. The summed E-state index contributed by atoms with van der Waals surface area (Å²) in [6, 6.07) is 0. The molecule has 9 heteroatoms. The number of hydrogen-bond acceptors (Lipinski definition) is 8. The molecule has 2 aliphatic rings. The Kier molecular flexibility index (Phi) is 5.17. The third kappa shape index (κ3) is 6.25. The Morgan fingerprint density at radius 2 is 1.64 bits per heavy atom. The molecule has 122 valence electrons. The van der Waals surface area contributed by atoms with Crippen LogP contribution in [0.2, 0.25) is 0 Å². The lowest BCUT2D eigenvalue weighted by molar-refractivity contribution is -0.144. The average molecular weight is 310 g/mol. The lowest BCUT2D eigenvalue weighted by atomic mass is 10.2. The van der Waals surface area contributed by atoms with E-state index in [-0.39, 0.29) is 30.4 Å². The molecule has 2 rings (SSSR count). The van der Waals surface area contributed by atoms with Gasteiger partial charge in [0.25, 0.3) is 0 Å². The molecule has 0 atom stereocenters. The molecule has 0 aromatic rings. The number of carbonyl (C=O) groups is 2. The first-order valence-corrected chi connectivity index (χ1v) is 7.42. The first-order valence-electron chi connectivity index (χ1n) is 7.42. The fourth-order valence-electron chi connectivity index (χ4n) is 1.69. The molecule has 2 N–H and O–H groups in total. The summed E-state index contributed by atoms with van der Waals surface area (Å²) in [6.07, 6.45) is 1.72. The predicted octanol–water partition coefficient (Wildman–Crippen LogP) is 0.770. The fourth-order valence-corrected chi connectivity index (χ4v) is 1.69. The highest BCUT2D eigenvalue weighted by molar-refractivity contribution is 5.81. The maximum absolute atomic E-state index is 11.5. The largest absolute Gasteiger partial charge is 0.464 e. The van der Waals surface area contributed by atoms with Crippen LogP contribution in [0.4, 0.5) is 0 Å². The molecule has 9 nitrogen and oxygen atoms in total. The molecule has 0 aromatic carbocycles. The van der Waals surface area contributed by atoms with E-state index in [0.29, 0.717) is 19.4 Å². The van der Waals surface area contributed by atoms with Crippen molar-refractivity contribution >= 4 is 11.9 Å². The number of amides is 1. The van der Waals surface area contributed by atoms with E-state index in [4.69, 9.17) is 4.74 Å². The highest BCUT2D eigenvalue weighted by Crippen LogP contribution is 2.30. The van der Waals surface area contributed by atoms with Gasteiger partial charge in [-0.2, -0.15) is 20.5 Å². The molecule has 0 aliphatic carbocycles. The Bertz CT molecular complexity index is 478. The van der Waals surface area contributed by atoms with Crippen LogP contribution >= 0.6 is 0 Å². The van der Waals surface area contributed by atoms with Gasteiger partial charge in [-0.05, 0) is 20.4 Å². The van der Waals surface area contributed by atoms with E-state index in [1.807, 2.05) is 13.8 Å². The molecule has 0 bridgehead atoms. The number of esters is 1. The number of hydrogen-bond donors (Lipinski definition) is 2. The van der Waals surface area contributed by atoms with Crippen molar-refractivity contribution in [3.05, 3.63) is 0 Å². The van der Waals surface area contributed by atoms with Gasteiger partial charge in [0, 0.05) is 25.8 Å². The van der Waals surface area contributed by atoms with Gasteiger partial charge in [-0.25, -0.2) is 0 Å². The van der Waals surface area contributed by atoms with Crippen LogP contribution in [0.1, 0.15) is 33.1 Å². The van der Waals surface area contributed by atoms with Crippen LogP contribution in [-0.4, -0.2) is 49.4 Å². The summed E-state index contributed by atoms with van der Waals surface area (Å²) in [6.45, 7) is 5.28. The zero-order chi connectivity index (χ0) is 16.1. The van der Waals surface area contributed by atoms with Gasteiger partial charge in [0.15, 0.2) is 11.3 Å². The third-order valence-corrected chi connectivity index (χ3v) is 3.46. The van der Waals surface area contributed by atoms with Crippen LogP contribution in [0.25, 0.3) is 0 Å². The van der Waals surface area contributed by atoms with Crippen LogP contribution in [0.3, 0.4) is 0 Å². The van der Waals surface area contributed by atoms with Gasteiger partial charge < -0.3 is 15.4 Å². The summed E-state index contributed by atoms with van der Waals surface area (Å²) in [5, 5.41) is 21.1. The zero-order valence-corrected chi connectivity index (χ0v) is 13.0. The van der Waals surface area contributed by atoms with Crippen LogP contribution in [0.5, 0.6) is 0 Å². The summed E-state index contributed by atoms with van der Waals surface area (Å²) in [4.78, 5) is 22.9. The Hall–Kier alpha value is -1.90. The summed E-state index contributed by atoms with van der Waals surface area (Å²) in [5.74, 6) is -0.633. The minimum Gasteiger partial charge on any atom is -0.464 e. The quantitative estimate of drug-likeness (QED) is 0.433. The second kappa shape index (κ2) is 6.91. The molecule has 0 saturated carbocycles. The van der Waals surface area contributed by atoms with Gasteiger partial charge in [0.2, 0.25) is 5.91 Å². The van der Waals surface area contributed by atoms with E-state index in [0.717, 1.165) is 13.0 Å². The molecular formula is C13H22N6O3. The Labute approximate surface area is 129 Å². The molecule has 1 amide bonds. The van der Waals surface area contributed by atoms with Crippen LogP contribution in [0.15, 0.2) is 20.5 Å². The summed E-state index contributed by atoms with van der Waals surface area (Å²) >= 11 is 0. The molecule has 0 spiro atoms. The van der Waals surface area contributed by atoms with Gasteiger partial charge in [0.05, 0.1) is 6.61 Å². The van der Waals surface area contributed by atoms with E-state index in [1.165, 1.54) is 0 Å². The molecular weight excluding hydrogens is 288 g/mol. The Balaban J connectivity index is 1.40. The van der Waals surface area contributed by atoms with Crippen molar-refractivity contribution in [2.75, 3.05) is 26.2 Å². The van der Waals surface area contributed by atoms with Gasteiger partial charge >= 0.3 is 5.97 Å². The molecule has 2 aliphatic heterocycles. The smallest absolute Gasteiger partial charge is 0.325 e. The van der Waals surface area contributed by atoms with E-state index >= 15 is 0 Å². The third-order valence-electron chi connectivity index (χ3n) is 3.46. The van der Waals surface area contributed by atoms with Crippen molar-refractivity contribution in [3.8, 4) is 0 Å². The lowest BCUT2D eigenvalue weighted by Gasteiger charge is -2.08. The van der Waals surface area contributed by atoms with E-state index in [1.54, 1.807) is 0 Å². The fraction of sp³-hybridized carbons (Fsp3) is 0.846. The number of nitrogens with zero attached hydrogens (tertiary/aromatic N) is 4. The number of ether oxygens (including phenoxy) is 1. The molecule has 2 heterocycles. The topological polar surface area (TPSA) is 117 Å². The second-order valence-corrected chi connectivity index (χ2v) is 5.83.